The zero-order valence-corrected chi connectivity index (χ0v) is 18.5. The van der Waals surface area contributed by atoms with Crippen molar-refractivity contribution in [3.63, 3.8) is 0 Å². The molecule has 2 amide bonds. The predicted octanol–water partition coefficient (Wildman–Crippen LogP) is 4.96. The molecular weight excluding hydrogens is 447 g/mol. The molecule has 3 fully saturated rings. The monoisotopic (exact) mass is 466 g/mol. The Bertz CT molecular complexity index is 1160. The second-order valence-corrected chi connectivity index (χ2v) is 9.86. The van der Waals surface area contributed by atoms with Crippen molar-refractivity contribution in [2.75, 3.05) is 0 Å². The van der Waals surface area contributed by atoms with Gasteiger partial charge >= 0.3 is 0 Å². The SMILES string of the molecule is O=C1C2C3C=CC(C4CC34)C2C(=O)N1N=Cc1cc(Cl)ccc1OCc1cccc(Cl)c1. The highest BCUT2D eigenvalue weighted by atomic mass is 35.5. The number of rotatable bonds is 5. The van der Waals surface area contributed by atoms with Crippen LogP contribution in [0.5, 0.6) is 5.75 Å². The van der Waals surface area contributed by atoms with E-state index in [1.54, 1.807) is 24.3 Å². The normalized spacial score (nSPS) is 31.9. The van der Waals surface area contributed by atoms with Gasteiger partial charge in [-0.25, -0.2) is 0 Å². The van der Waals surface area contributed by atoms with Crippen molar-refractivity contribution in [3.8, 4) is 5.75 Å². The summed E-state index contributed by atoms with van der Waals surface area (Å²) < 4.78 is 5.95. The molecule has 1 aliphatic heterocycles. The first-order chi connectivity index (χ1) is 15.5. The molecule has 6 unspecified atom stereocenters. The van der Waals surface area contributed by atoms with Crippen LogP contribution in [-0.2, 0) is 16.2 Å². The van der Waals surface area contributed by atoms with Gasteiger partial charge in [-0.2, -0.15) is 10.1 Å². The number of allylic oxidation sites excluding steroid dienone is 2. The Kier molecular flexibility index (Phi) is 4.67. The van der Waals surface area contributed by atoms with Gasteiger partial charge in [0.05, 0.1) is 18.1 Å². The van der Waals surface area contributed by atoms with Gasteiger partial charge in [-0.3, -0.25) is 9.59 Å². The molecule has 0 radical (unpaired) electrons. The third-order valence-corrected chi connectivity index (χ3v) is 7.68. The molecule has 0 spiro atoms. The number of nitrogens with zero attached hydrogens (tertiary/aromatic N) is 2. The van der Waals surface area contributed by atoms with E-state index in [9.17, 15) is 9.59 Å². The van der Waals surface area contributed by atoms with E-state index >= 15 is 0 Å². The first-order valence-corrected chi connectivity index (χ1v) is 11.5. The van der Waals surface area contributed by atoms with Gasteiger partial charge in [-0.05, 0) is 66.0 Å². The zero-order valence-electron chi connectivity index (χ0n) is 17.0. The molecule has 162 valence electrons. The molecule has 2 aromatic rings. The summed E-state index contributed by atoms with van der Waals surface area (Å²) in [5.74, 6) is 1.11. The van der Waals surface area contributed by atoms with Crippen molar-refractivity contribution < 1.29 is 14.3 Å². The third-order valence-electron chi connectivity index (χ3n) is 7.21. The highest BCUT2D eigenvalue weighted by Crippen LogP contribution is 2.65. The maximum absolute atomic E-state index is 13.1. The molecular formula is C25H20Cl2N2O3. The van der Waals surface area contributed by atoms with Crippen LogP contribution in [0.25, 0.3) is 0 Å². The lowest BCUT2D eigenvalue weighted by Crippen LogP contribution is -2.40. The van der Waals surface area contributed by atoms with Crippen molar-refractivity contribution in [1.29, 1.82) is 0 Å². The van der Waals surface area contributed by atoms with E-state index in [2.05, 4.69) is 17.3 Å². The fourth-order valence-corrected chi connectivity index (χ4v) is 6.11. The smallest absolute Gasteiger partial charge is 0.254 e. The Morgan fingerprint density at radius 1 is 0.969 bits per heavy atom. The first-order valence-electron chi connectivity index (χ1n) is 10.8. The van der Waals surface area contributed by atoms with Gasteiger partial charge in [0, 0.05) is 15.6 Å². The Labute approximate surface area is 195 Å². The van der Waals surface area contributed by atoms with E-state index in [1.807, 2.05) is 18.2 Å². The Morgan fingerprint density at radius 2 is 1.66 bits per heavy atom. The van der Waals surface area contributed by atoms with E-state index in [4.69, 9.17) is 27.9 Å². The minimum absolute atomic E-state index is 0.175. The molecule has 5 nitrogen and oxygen atoms in total. The van der Waals surface area contributed by atoms with Crippen LogP contribution in [0.15, 0.2) is 59.7 Å². The fourth-order valence-electron chi connectivity index (χ4n) is 5.71. The lowest BCUT2D eigenvalue weighted by atomic mass is 9.63. The Hall–Kier alpha value is -2.63. The van der Waals surface area contributed by atoms with Gasteiger partial charge in [-0.15, -0.1) is 0 Å². The molecule has 1 saturated heterocycles. The van der Waals surface area contributed by atoms with Gasteiger partial charge in [0.1, 0.15) is 12.4 Å². The molecule has 7 rings (SSSR count). The lowest BCUT2D eigenvalue weighted by molar-refractivity contribution is -0.140. The molecule has 1 heterocycles. The van der Waals surface area contributed by atoms with Crippen LogP contribution in [0.3, 0.4) is 0 Å². The van der Waals surface area contributed by atoms with Crippen LogP contribution in [0.1, 0.15) is 17.5 Å². The second-order valence-electron chi connectivity index (χ2n) is 8.99. The number of carbonyl (C=O) groups is 2. The summed E-state index contributed by atoms with van der Waals surface area (Å²) in [7, 11) is 0. The number of carbonyl (C=O) groups excluding carboxylic acids is 2. The molecule has 4 aliphatic carbocycles. The summed E-state index contributed by atoms with van der Waals surface area (Å²) in [5.41, 5.74) is 1.52. The maximum atomic E-state index is 13.1. The number of imide groups is 1. The van der Waals surface area contributed by atoms with Gasteiger partial charge in [0.25, 0.3) is 11.8 Å². The van der Waals surface area contributed by atoms with Gasteiger partial charge < -0.3 is 4.74 Å². The molecule has 6 atom stereocenters. The minimum atomic E-state index is -0.267. The lowest BCUT2D eigenvalue weighted by Gasteiger charge is -2.37. The van der Waals surface area contributed by atoms with Gasteiger partial charge in [0.2, 0.25) is 0 Å². The van der Waals surface area contributed by atoms with Crippen LogP contribution < -0.4 is 4.74 Å². The molecule has 0 N–H and O–H groups in total. The van der Waals surface area contributed by atoms with E-state index in [0.717, 1.165) is 17.0 Å². The summed E-state index contributed by atoms with van der Waals surface area (Å²) in [5, 5.41) is 6.52. The zero-order chi connectivity index (χ0) is 22.0. The van der Waals surface area contributed by atoms with E-state index < -0.39 is 0 Å². The van der Waals surface area contributed by atoms with Crippen LogP contribution in [0.4, 0.5) is 0 Å². The first kappa shape index (κ1) is 20.0. The number of benzene rings is 2. The van der Waals surface area contributed by atoms with Crippen LogP contribution >= 0.6 is 23.2 Å². The number of hydrogen-bond acceptors (Lipinski definition) is 4. The van der Waals surface area contributed by atoms with E-state index in [1.165, 1.54) is 6.21 Å². The van der Waals surface area contributed by atoms with Crippen molar-refractivity contribution in [1.82, 2.24) is 5.01 Å². The fraction of sp³-hybridized carbons (Fsp3) is 0.320. The molecule has 2 saturated carbocycles. The van der Waals surface area contributed by atoms with Crippen LogP contribution in [0, 0.1) is 35.5 Å². The average molecular weight is 467 g/mol. The Morgan fingerprint density at radius 3 is 2.34 bits per heavy atom. The maximum Gasteiger partial charge on any atom is 0.254 e. The summed E-state index contributed by atoms with van der Waals surface area (Å²) in [6.45, 7) is 0.312. The summed E-state index contributed by atoms with van der Waals surface area (Å²) in [4.78, 5) is 26.2. The van der Waals surface area contributed by atoms with Gasteiger partial charge in [-0.1, -0.05) is 47.5 Å². The molecule has 0 aromatic heterocycles. The summed E-state index contributed by atoms with van der Waals surface area (Å²) in [6, 6.07) is 12.6. The van der Waals surface area contributed by atoms with Gasteiger partial charge in [0.15, 0.2) is 0 Å². The van der Waals surface area contributed by atoms with Crippen molar-refractivity contribution in [3.05, 3.63) is 75.8 Å². The molecule has 2 bridgehead atoms. The second kappa shape index (κ2) is 7.46. The number of amides is 2. The largest absolute Gasteiger partial charge is 0.488 e. The van der Waals surface area contributed by atoms with Crippen LogP contribution in [0.2, 0.25) is 10.0 Å². The van der Waals surface area contributed by atoms with Crippen molar-refractivity contribution in [2.45, 2.75) is 13.0 Å². The van der Waals surface area contributed by atoms with Crippen molar-refractivity contribution in [2.24, 2.45) is 40.6 Å². The average Bonchev–Trinajstić information content (AvgIpc) is 3.56. The predicted molar refractivity (Wildman–Crippen MR) is 121 cm³/mol. The topological polar surface area (TPSA) is 59.0 Å². The highest BCUT2D eigenvalue weighted by molar-refractivity contribution is 6.31. The molecule has 5 aliphatic rings. The third kappa shape index (κ3) is 3.18. The number of halogens is 2. The van der Waals surface area contributed by atoms with E-state index in [0.29, 0.717) is 39.8 Å². The van der Waals surface area contributed by atoms with Crippen LogP contribution in [-0.4, -0.2) is 23.0 Å². The molecule has 7 heteroatoms. The molecule has 2 aromatic carbocycles. The minimum Gasteiger partial charge on any atom is -0.488 e. The highest BCUT2D eigenvalue weighted by Gasteiger charge is 2.67. The van der Waals surface area contributed by atoms with Crippen molar-refractivity contribution >= 4 is 41.2 Å². The number of ether oxygens (including phenoxy) is 1. The summed E-state index contributed by atoms with van der Waals surface area (Å²) >= 11 is 12.2. The summed E-state index contributed by atoms with van der Waals surface area (Å²) in [6.07, 6.45) is 6.92. The number of hydrogen-bond donors (Lipinski definition) is 0. The van der Waals surface area contributed by atoms with E-state index in [-0.39, 0.29) is 35.5 Å². The molecule has 32 heavy (non-hydrogen) atoms. The number of hydrazone groups is 1. The Balaban J connectivity index is 1.23. The standard InChI is InChI=1S/C25H20Cl2N2O3/c26-15-3-1-2-13(8-15)12-32-21-7-4-16(27)9-14(21)11-28-29-24(30)22-17-5-6-18(20-10-19(17)20)23(22)25(29)31/h1-9,11,17-20,22-23H,10,12H2. The quantitative estimate of drug-likeness (QED) is 0.355.